The lowest BCUT2D eigenvalue weighted by Gasteiger charge is -2.18. The van der Waals surface area contributed by atoms with Crippen molar-refractivity contribution in [2.24, 2.45) is 0 Å². The van der Waals surface area contributed by atoms with Gasteiger partial charge in [-0.2, -0.15) is 0 Å². The molecular formula is C26H24O5. The molecule has 0 radical (unpaired) electrons. The maximum absolute atomic E-state index is 12.8. The Bertz CT molecular complexity index is 1200. The van der Waals surface area contributed by atoms with Gasteiger partial charge in [0.15, 0.2) is 5.76 Å². The molecule has 0 unspecified atom stereocenters. The Kier molecular flexibility index (Phi) is 5.05. The first-order chi connectivity index (χ1) is 14.6. The molecule has 2 aromatic carbocycles. The van der Waals surface area contributed by atoms with Gasteiger partial charge < -0.3 is 13.9 Å². The van der Waals surface area contributed by atoms with Crippen LogP contribution in [0.5, 0.6) is 11.5 Å². The number of aryl methyl sites for hydroxylation is 2. The summed E-state index contributed by atoms with van der Waals surface area (Å²) >= 11 is 0. The number of esters is 1. The van der Waals surface area contributed by atoms with E-state index in [1.807, 2.05) is 25.1 Å². The van der Waals surface area contributed by atoms with Crippen LogP contribution in [0.4, 0.5) is 0 Å². The second kappa shape index (κ2) is 7.58. The summed E-state index contributed by atoms with van der Waals surface area (Å²) in [6.45, 7) is 9.96. The van der Waals surface area contributed by atoms with Crippen LogP contribution < -0.4 is 9.47 Å². The topological polar surface area (TPSA) is 65.7 Å². The SMILES string of the molecule is Cc1ccc(/C=C2\Oc3cc(OC(=O)c4ccc(C(C)(C)C)cc4)cc(C)c3C2=O)o1. The van der Waals surface area contributed by atoms with E-state index in [1.54, 1.807) is 43.3 Å². The first kappa shape index (κ1) is 20.7. The van der Waals surface area contributed by atoms with Crippen molar-refractivity contribution in [3.05, 3.63) is 88.1 Å². The van der Waals surface area contributed by atoms with Crippen LogP contribution >= 0.6 is 0 Å². The van der Waals surface area contributed by atoms with Crippen molar-refractivity contribution >= 4 is 17.8 Å². The molecule has 3 aromatic rings. The van der Waals surface area contributed by atoms with Crippen LogP contribution in [0, 0.1) is 13.8 Å². The number of hydrogen-bond donors (Lipinski definition) is 0. The number of fused-ring (bicyclic) bond motifs is 1. The fourth-order valence-electron chi connectivity index (χ4n) is 3.47. The third-order valence-corrected chi connectivity index (χ3v) is 5.18. The van der Waals surface area contributed by atoms with E-state index in [2.05, 4.69) is 20.8 Å². The number of benzene rings is 2. The summed E-state index contributed by atoms with van der Waals surface area (Å²) in [5, 5.41) is 0. The molecule has 0 aliphatic carbocycles. The molecule has 0 bridgehead atoms. The average molecular weight is 416 g/mol. The third-order valence-electron chi connectivity index (χ3n) is 5.18. The highest BCUT2D eigenvalue weighted by Gasteiger charge is 2.30. The molecule has 0 saturated carbocycles. The van der Waals surface area contributed by atoms with Crippen molar-refractivity contribution in [2.45, 2.75) is 40.0 Å². The summed E-state index contributed by atoms with van der Waals surface area (Å²) in [6, 6.07) is 14.2. The number of Topliss-reactive ketones (excluding diaryl/α,β-unsaturated/α-hetero) is 1. The van der Waals surface area contributed by atoms with Crippen molar-refractivity contribution in [2.75, 3.05) is 0 Å². The minimum absolute atomic E-state index is 0.00295. The predicted molar refractivity (Wildman–Crippen MR) is 118 cm³/mol. The van der Waals surface area contributed by atoms with Crippen LogP contribution in [0.1, 0.15) is 64.1 Å². The van der Waals surface area contributed by atoms with Crippen LogP contribution in [-0.4, -0.2) is 11.8 Å². The van der Waals surface area contributed by atoms with E-state index in [1.165, 1.54) is 0 Å². The van der Waals surface area contributed by atoms with Crippen LogP contribution in [0.3, 0.4) is 0 Å². The van der Waals surface area contributed by atoms with Gasteiger partial charge in [-0.1, -0.05) is 32.9 Å². The van der Waals surface area contributed by atoms with E-state index < -0.39 is 5.97 Å². The number of allylic oxidation sites excluding steroid dienone is 1. The normalized spacial score (nSPS) is 14.5. The van der Waals surface area contributed by atoms with Gasteiger partial charge in [-0.25, -0.2) is 4.79 Å². The monoisotopic (exact) mass is 416 g/mol. The molecule has 158 valence electrons. The van der Waals surface area contributed by atoms with E-state index >= 15 is 0 Å². The minimum Gasteiger partial charge on any atom is -0.462 e. The van der Waals surface area contributed by atoms with Crippen LogP contribution in [0.15, 0.2) is 58.7 Å². The zero-order valence-corrected chi connectivity index (χ0v) is 18.2. The Morgan fingerprint density at radius 2 is 1.71 bits per heavy atom. The maximum Gasteiger partial charge on any atom is 0.343 e. The number of ketones is 1. The lowest BCUT2D eigenvalue weighted by Crippen LogP contribution is -2.13. The average Bonchev–Trinajstić information content (AvgIpc) is 3.24. The Hall–Kier alpha value is -3.60. The molecule has 0 saturated heterocycles. The predicted octanol–water partition coefficient (Wildman–Crippen LogP) is 6.03. The molecule has 1 aliphatic rings. The minimum atomic E-state index is -0.467. The van der Waals surface area contributed by atoms with E-state index in [0.29, 0.717) is 33.9 Å². The maximum atomic E-state index is 12.8. The molecule has 1 aliphatic heterocycles. The fourth-order valence-corrected chi connectivity index (χ4v) is 3.47. The van der Waals surface area contributed by atoms with Gasteiger partial charge in [0, 0.05) is 12.1 Å². The molecule has 0 atom stereocenters. The van der Waals surface area contributed by atoms with Crippen molar-refractivity contribution < 1.29 is 23.5 Å². The van der Waals surface area contributed by atoms with Gasteiger partial charge >= 0.3 is 5.97 Å². The molecular weight excluding hydrogens is 392 g/mol. The quantitative estimate of drug-likeness (QED) is 0.296. The summed E-state index contributed by atoms with van der Waals surface area (Å²) in [4.78, 5) is 25.4. The van der Waals surface area contributed by atoms with E-state index in [4.69, 9.17) is 13.9 Å². The summed E-state index contributed by atoms with van der Waals surface area (Å²) in [7, 11) is 0. The molecule has 5 nitrogen and oxygen atoms in total. The zero-order chi connectivity index (χ0) is 22.3. The molecule has 0 spiro atoms. The lowest BCUT2D eigenvalue weighted by atomic mass is 9.87. The number of furan rings is 1. The smallest absolute Gasteiger partial charge is 0.343 e. The first-order valence-electron chi connectivity index (χ1n) is 10.1. The Morgan fingerprint density at radius 3 is 2.32 bits per heavy atom. The third kappa shape index (κ3) is 4.17. The van der Waals surface area contributed by atoms with Gasteiger partial charge in [-0.05, 0) is 60.7 Å². The Morgan fingerprint density at radius 1 is 1.00 bits per heavy atom. The highest BCUT2D eigenvalue weighted by Crippen LogP contribution is 2.38. The van der Waals surface area contributed by atoms with Crippen molar-refractivity contribution in [3.63, 3.8) is 0 Å². The van der Waals surface area contributed by atoms with Crippen molar-refractivity contribution in [1.82, 2.24) is 0 Å². The zero-order valence-electron chi connectivity index (χ0n) is 18.2. The molecule has 2 heterocycles. The molecule has 31 heavy (non-hydrogen) atoms. The molecule has 0 fully saturated rings. The molecule has 0 N–H and O–H groups in total. The number of rotatable bonds is 3. The highest BCUT2D eigenvalue weighted by atomic mass is 16.5. The molecule has 1 aromatic heterocycles. The molecule has 0 amide bonds. The van der Waals surface area contributed by atoms with Gasteiger partial charge in [0.25, 0.3) is 0 Å². The van der Waals surface area contributed by atoms with E-state index in [9.17, 15) is 9.59 Å². The lowest BCUT2D eigenvalue weighted by molar-refractivity contribution is 0.0734. The van der Waals surface area contributed by atoms with Gasteiger partial charge in [-0.15, -0.1) is 0 Å². The number of carbonyl (C=O) groups excluding carboxylic acids is 2. The van der Waals surface area contributed by atoms with Crippen LogP contribution in [0.2, 0.25) is 0 Å². The van der Waals surface area contributed by atoms with Gasteiger partial charge in [0.1, 0.15) is 23.0 Å². The highest BCUT2D eigenvalue weighted by molar-refractivity contribution is 6.15. The second-order valence-corrected chi connectivity index (χ2v) is 8.72. The van der Waals surface area contributed by atoms with Crippen molar-refractivity contribution in [3.8, 4) is 11.5 Å². The Balaban J connectivity index is 1.56. The van der Waals surface area contributed by atoms with Crippen LogP contribution in [0.25, 0.3) is 6.08 Å². The summed E-state index contributed by atoms with van der Waals surface area (Å²) in [5.41, 5.74) is 2.73. The van der Waals surface area contributed by atoms with Crippen molar-refractivity contribution in [1.29, 1.82) is 0 Å². The summed E-state index contributed by atoms with van der Waals surface area (Å²) in [6.07, 6.45) is 1.57. The molecule has 5 heteroatoms. The van der Waals surface area contributed by atoms with E-state index in [0.717, 1.165) is 11.3 Å². The fraction of sp³-hybridized carbons (Fsp3) is 0.231. The summed E-state index contributed by atoms with van der Waals surface area (Å²) in [5.74, 6) is 1.46. The van der Waals surface area contributed by atoms with Gasteiger partial charge in [0.2, 0.25) is 5.78 Å². The van der Waals surface area contributed by atoms with Crippen LogP contribution in [-0.2, 0) is 5.41 Å². The second-order valence-electron chi connectivity index (χ2n) is 8.72. The number of ether oxygens (including phenoxy) is 2. The Labute approximate surface area is 181 Å². The standard InChI is InChI=1S/C26H24O5/c1-15-12-20(30-25(28)17-7-9-18(10-8-17)26(3,4)5)14-21-23(15)24(27)22(31-21)13-19-11-6-16(2)29-19/h6-14H,1-5H3/b22-13-. The number of hydrogen-bond acceptors (Lipinski definition) is 5. The van der Waals surface area contributed by atoms with Gasteiger partial charge in [-0.3, -0.25) is 4.79 Å². The first-order valence-corrected chi connectivity index (χ1v) is 10.1. The largest absolute Gasteiger partial charge is 0.462 e. The van der Waals surface area contributed by atoms with E-state index in [-0.39, 0.29) is 17.0 Å². The summed E-state index contributed by atoms with van der Waals surface area (Å²) < 4.78 is 16.8. The van der Waals surface area contributed by atoms with Gasteiger partial charge in [0.05, 0.1) is 11.1 Å². The molecule has 4 rings (SSSR count). The number of carbonyl (C=O) groups is 2.